The van der Waals surface area contributed by atoms with E-state index in [0.717, 1.165) is 61.5 Å². The van der Waals surface area contributed by atoms with Gasteiger partial charge in [-0.3, -0.25) is 0 Å². The summed E-state index contributed by atoms with van der Waals surface area (Å²) in [6, 6.07) is 8.93. The number of allylic oxidation sites excluding steroid dienone is 4. The molecule has 1 saturated carbocycles. The first-order valence-corrected chi connectivity index (χ1v) is 12.6. The van der Waals surface area contributed by atoms with Crippen LogP contribution in [-0.2, 0) is 9.47 Å². The van der Waals surface area contributed by atoms with E-state index in [1.165, 1.54) is 6.42 Å². The molecular formula is C28H35N3O4. The summed E-state index contributed by atoms with van der Waals surface area (Å²) in [5.74, 6) is 0.834. The van der Waals surface area contributed by atoms with Crippen LogP contribution in [0.5, 0.6) is 5.75 Å². The minimum atomic E-state index is -0.418. The van der Waals surface area contributed by atoms with Gasteiger partial charge in [-0.2, -0.15) is 5.26 Å². The highest BCUT2D eigenvalue weighted by molar-refractivity contribution is 5.87. The van der Waals surface area contributed by atoms with Gasteiger partial charge in [0, 0.05) is 56.2 Å². The van der Waals surface area contributed by atoms with Crippen molar-refractivity contribution in [2.45, 2.75) is 63.7 Å². The standard InChI is InChI=1S/C28H35N3O4/c1-3-30-28(32)35-23-9-7-20(8-10-23)17-21(19-29)26-12-11-25(34-24-13-15-33-16-14-24)18-27(26)31(2)22-5-4-6-22/h7-9,11-12,17-18,22-24H,3-6,10,13-16H2,1-2H3,(H,30,32)/b21-17+. The maximum Gasteiger partial charge on any atom is 0.407 e. The third-order valence-electron chi connectivity index (χ3n) is 6.83. The Morgan fingerprint density at radius 2 is 2.09 bits per heavy atom. The van der Waals surface area contributed by atoms with Gasteiger partial charge in [0.05, 0.1) is 24.9 Å². The maximum atomic E-state index is 11.7. The van der Waals surface area contributed by atoms with Crippen molar-refractivity contribution in [2.24, 2.45) is 0 Å². The van der Waals surface area contributed by atoms with Crippen LogP contribution in [0.4, 0.5) is 10.5 Å². The minimum Gasteiger partial charge on any atom is -0.490 e. The average molecular weight is 478 g/mol. The van der Waals surface area contributed by atoms with Gasteiger partial charge in [-0.05, 0) is 56.0 Å². The molecule has 2 aliphatic carbocycles. The van der Waals surface area contributed by atoms with Crippen molar-refractivity contribution in [1.82, 2.24) is 5.32 Å². The molecule has 7 nitrogen and oxygen atoms in total. The van der Waals surface area contributed by atoms with Gasteiger partial charge in [-0.15, -0.1) is 0 Å². The molecule has 1 N–H and O–H groups in total. The fourth-order valence-electron chi connectivity index (χ4n) is 4.53. The lowest BCUT2D eigenvalue weighted by Crippen LogP contribution is -2.37. The number of anilines is 1. The second-order valence-corrected chi connectivity index (χ2v) is 9.25. The van der Waals surface area contributed by atoms with Crippen LogP contribution in [0.15, 0.2) is 48.1 Å². The molecule has 4 rings (SSSR count). The number of alkyl carbamates (subject to hydrolysis) is 1. The van der Waals surface area contributed by atoms with E-state index in [0.29, 0.717) is 24.6 Å². The van der Waals surface area contributed by atoms with Crippen LogP contribution in [0, 0.1) is 11.3 Å². The number of hydrogen-bond donors (Lipinski definition) is 1. The van der Waals surface area contributed by atoms with E-state index in [4.69, 9.17) is 14.2 Å². The third-order valence-corrected chi connectivity index (χ3v) is 6.83. The highest BCUT2D eigenvalue weighted by Crippen LogP contribution is 2.37. The quantitative estimate of drug-likeness (QED) is 0.522. The van der Waals surface area contributed by atoms with Crippen LogP contribution >= 0.6 is 0 Å². The lowest BCUT2D eigenvalue weighted by Gasteiger charge is -2.37. The summed E-state index contributed by atoms with van der Waals surface area (Å²) in [7, 11) is 2.11. The number of carbonyl (C=O) groups is 1. The molecule has 1 aliphatic heterocycles. The van der Waals surface area contributed by atoms with E-state index < -0.39 is 6.09 Å². The molecule has 1 atom stereocenters. The lowest BCUT2D eigenvalue weighted by atomic mass is 9.90. The van der Waals surface area contributed by atoms with Crippen molar-refractivity contribution in [3.05, 3.63) is 53.6 Å². The van der Waals surface area contributed by atoms with Crippen molar-refractivity contribution in [3.63, 3.8) is 0 Å². The number of ether oxygens (including phenoxy) is 3. The molecule has 2 fully saturated rings. The molecule has 1 unspecified atom stereocenters. The van der Waals surface area contributed by atoms with Gasteiger partial charge >= 0.3 is 6.09 Å². The summed E-state index contributed by atoms with van der Waals surface area (Å²) in [4.78, 5) is 14.0. The molecule has 0 aromatic heterocycles. The smallest absolute Gasteiger partial charge is 0.407 e. The highest BCUT2D eigenvalue weighted by Gasteiger charge is 2.26. The molecule has 3 aliphatic rings. The van der Waals surface area contributed by atoms with Gasteiger partial charge in [0.1, 0.15) is 18.0 Å². The van der Waals surface area contributed by atoms with Gasteiger partial charge in [-0.1, -0.05) is 12.2 Å². The Balaban J connectivity index is 1.54. The summed E-state index contributed by atoms with van der Waals surface area (Å²) in [5.41, 5.74) is 3.45. The van der Waals surface area contributed by atoms with Crippen molar-refractivity contribution in [3.8, 4) is 11.8 Å². The number of carbonyl (C=O) groups excluding carboxylic acids is 1. The molecule has 0 radical (unpaired) electrons. The Labute approximate surface area is 208 Å². The van der Waals surface area contributed by atoms with Crippen molar-refractivity contribution in [2.75, 3.05) is 31.7 Å². The maximum absolute atomic E-state index is 11.7. The number of nitrogens with one attached hydrogen (secondary N) is 1. The zero-order valence-electron chi connectivity index (χ0n) is 20.7. The van der Waals surface area contributed by atoms with E-state index in [2.05, 4.69) is 29.4 Å². The summed E-state index contributed by atoms with van der Waals surface area (Å²) in [6.07, 6.45) is 13.0. The minimum absolute atomic E-state index is 0.162. The zero-order chi connectivity index (χ0) is 24.6. The number of nitrogens with zero attached hydrogens (tertiary/aromatic N) is 2. The van der Waals surface area contributed by atoms with E-state index in [9.17, 15) is 10.1 Å². The second kappa shape index (κ2) is 11.9. The molecule has 35 heavy (non-hydrogen) atoms. The van der Waals surface area contributed by atoms with Crippen LogP contribution in [0.2, 0.25) is 0 Å². The largest absolute Gasteiger partial charge is 0.490 e. The van der Waals surface area contributed by atoms with E-state index in [1.807, 2.05) is 43.4 Å². The number of nitriles is 1. The molecule has 1 aromatic rings. The van der Waals surface area contributed by atoms with Gasteiger partial charge in [-0.25, -0.2) is 4.79 Å². The number of amides is 1. The lowest BCUT2D eigenvalue weighted by molar-refractivity contribution is 0.0256. The number of rotatable bonds is 8. The summed E-state index contributed by atoms with van der Waals surface area (Å²) >= 11 is 0. The number of hydrogen-bond acceptors (Lipinski definition) is 6. The first-order chi connectivity index (χ1) is 17.1. The summed E-state index contributed by atoms with van der Waals surface area (Å²) < 4.78 is 17.1. The Kier molecular flexibility index (Phi) is 8.49. The van der Waals surface area contributed by atoms with Crippen LogP contribution in [0.25, 0.3) is 5.57 Å². The predicted octanol–water partition coefficient (Wildman–Crippen LogP) is 5.14. The topological polar surface area (TPSA) is 83.8 Å². The molecule has 1 aromatic carbocycles. The average Bonchev–Trinajstić information content (AvgIpc) is 2.83. The Morgan fingerprint density at radius 3 is 2.71 bits per heavy atom. The van der Waals surface area contributed by atoms with Crippen LogP contribution in [0.3, 0.4) is 0 Å². The molecule has 0 bridgehead atoms. The van der Waals surface area contributed by atoms with E-state index in [1.54, 1.807) is 0 Å². The molecular weight excluding hydrogens is 442 g/mol. The van der Waals surface area contributed by atoms with Crippen LogP contribution < -0.4 is 15.0 Å². The Bertz CT molecular complexity index is 1030. The molecule has 1 saturated heterocycles. The van der Waals surface area contributed by atoms with Gasteiger partial charge in [0.2, 0.25) is 0 Å². The van der Waals surface area contributed by atoms with Crippen molar-refractivity contribution in [1.29, 1.82) is 5.26 Å². The molecule has 186 valence electrons. The SMILES string of the molecule is CCNC(=O)OC1C=CC(/C=C(\C#N)c2ccc(OC3CCOCC3)cc2N(C)C2CCC2)=CC1. The van der Waals surface area contributed by atoms with E-state index in [-0.39, 0.29) is 12.2 Å². The molecule has 7 heteroatoms. The fourth-order valence-corrected chi connectivity index (χ4v) is 4.53. The molecule has 1 heterocycles. The second-order valence-electron chi connectivity index (χ2n) is 9.25. The predicted molar refractivity (Wildman–Crippen MR) is 136 cm³/mol. The third kappa shape index (κ3) is 6.46. The van der Waals surface area contributed by atoms with Gasteiger partial charge in [0.15, 0.2) is 0 Å². The van der Waals surface area contributed by atoms with Crippen molar-refractivity contribution >= 4 is 17.4 Å². The normalized spacial score (nSPS) is 20.9. The number of benzene rings is 1. The van der Waals surface area contributed by atoms with Crippen molar-refractivity contribution < 1.29 is 19.0 Å². The van der Waals surface area contributed by atoms with E-state index >= 15 is 0 Å². The van der Waals surface area contributed by atoms with Gasteiger partial charge in [0.25, 0.3) is 0 Å². The molecule has 0 spiro atoms. The van der Waals surface area contributed by atoms with Crippen LogP contribution in [-0.4, -0.2) is 51.1 Å². The summed E-state index contributed by atoms with van der Waals surface area (Å²) in [6.45, 7) is 3.85. The summed E-state index contributed by atoms with van der Waals surface area (Å²) in [5, 5.41) is 12.7. The fraction of sp³-hybridized carbons (Fsp3) is 0.500. The molecule has 1 amide bonds. The monoisotopic (exact) mass is 477 g/mol. The Morgan fingerprint density at radius 1 is 1.29 bits per heavy atom. The zero-order valence-corrected chi connectivity index (χ0v) is 20.7. The first kappa shape index (κ1) is 24.9. The Hall–Kier alpha value is -3.24. The first-order valence-electron chi connectivity index (χ1n) is 12.6. The van der Waals surface area contributed by atoms with Gasteiger partial charge < -0.3 is 24.4 Å². The highest BCUT2D eigenvalue weighted by atomic mass is 16.6. The van der Waals surface area contributed by atoms with Crippen LogP contribution in [0.1, 0.15) is 51.0 Å².